The molecule has 1 unspecified atom stereocenters. The number of rotatable bonds is 10. The van der Waals surface area contributed by atoms with Gasteiger partial charge in [0.2, 0.25) is 5.91 Å². The first-order chi connectivity index (χ1) is 15.6. The zero-order valence-corrected chi connectivity index (χ0v) is 19.3. The number of carbonyl (C=O) groups excluding carboxylic acids is 1. The molecular weight excluding hydrogens is 404 g/mol. The van der Waals surface area contributed by atoms with Gasteiger partial charge in [0.05, 0.1) is 20.2 Å². The van der Waals surface area contributed by atoms with Gasteiger partial charge in [0.1, 0.15) is 17.6 Å². The van der Waals surface area contributed by atoms with Crippen LogP contribution in [0.1, 0.15) is 37.8 Å². The number of benzene rings is 2. The van der Waals surface area contributed by atoms with Crippen LogP contribution < -0.4 is 20.1 Å². The number of ether oxygens (including phenoxy) is 2. The molecule has 172 valence electrons. The lowest BCUT2D eigenvalue weighted by Crippen LogP contribution is -2.41. The first kappa shape index (κ1) is 23.4. The van der Waals surface area contributed by atoms with Gasteiger partial charge >= 0.3 is 0 Å². The summed E-state index contributed by atoms with van der Waals surface area (Å²) in [4.78, 5) is 18.4. The Balaban J connectivity index is 1.49. The lowest BCUT2D eigenvalue weighted by molar-refractivity contribution is -0.128. The smallest absolute Gasteiger partial charge is 0.222 e. The Bertz CT molecular complexity index is 898. The normalized spacial score (nSPS) is 14.9. The second-order valence-electron chi connectivity index (χ2n) is 7.92. The van der Waals surface area contributed by atoms with Gasteiger partial charge in [0.15, 0.2) is 5.96 Å². The summed E-state index contributed by atoms with van der Waals surface area (Å²) >= 11 is 0. The summed E-state index contributed by atoms with van der Waals surface area (Å²) in [7, 11) is 1.64. The van der Waals surface area contributed by atoms with Crippen LogP contribution in [0.2, 0.25) is 0 Å². The SMILES string of the molecule is CCNC(=NCc1ccc(CN2CCCC2=O)cc1)NCC(C)Oc1cccc(OC)c1. The van der Waals surface area contributed by atoms with Crippen molar-refractivity contribution < 1.29 is 14.3 Å². The number of amides is 1. The van der Waals surface area contributed by atoms with Gasteiger partial charge in [-0.15, -0.1) is 0 Å². The fourth-order valence-electron chi connectivity index (χ4n) is 3.54. The van der Waals surface area contributed by atoms with Crippen LogP contribution in [-0.2, 0) is 17.9 Å². The average molecular weight is 439 g/mol. The fraction of sp³-hybridized carbons (Fsp3) is 0.440. The highest BCUT2D eigenvalue weighted by atomic mass is 16.5. The first-order valence-electron chi connectivity index (χ1n) is 11.3. The number of likely N-dealkylation sites (tertiary alicyclic amines) is 1. The van der Waals surface area contributed by atoms with Crippen LogP contribution in [0, 0.1) is 0 Å². The molecule has 1 aliphatic heterocycles. The Morgan fingerprint density at radius 2 is 1.88 bits per heavy atom. The van der Waals surface area contributed by atoms with E-state index in [1.54, 1.807) is 7.11 Å². The van der Waals surface area contributed by atoms with Crippen LogP contribution in [0.3, 0.4) is 0 Å². The summed E-state index contributed by atoms with van der Waals surface area (Å²) in [5.41, 5.74) is 2.28. The van der Waals surface area contributed by atoms with E-state index in [4.69, 9.17) is 9.47 Å². The summed E-state index contributed by atoms with van der Waals surface area (Å²) in [6, 6.07) is 15.9. The van der Waals surface area contributed by atoms with Crippen LogP contribution in [0.15, 0.2) is 53.5 Å². The molecule has 32 heavy (non-hydrogen) atoms. The topological polar surface area (TPSA) is 75.2 Å². The van der Waals surface area contributed by atoms with E-state index in [-0.39, 0.29) is 12.0 Å². The van der Waals surface area contributed by atoms with Crippen LogP contribution in [0.25, 0.3) is 0 Å². The highest BCUT2D eigenvalue weighted by Gasteiger charge is 2.19. The van der Waals surface area contributed by atoms with Crippen molar-refractivity contribution in [1.82, 2.24) is 15.5 Å². The van der Waals surface area contributed by atoms with Gasteiger partial charge in [-0.3, -0.25) is 4.79 Å². The van der Waals surface area contributed by atoms with E-state index in [9.17, 15) is 4.79 Å². The number of guanidine groups is 1. The third-order valence-electron chi connectivity index (χ3n) is 5.27. The fourth-order valence-corrected chi connectivity index (χ4v) is 3.54. The van der Waals surface area contributed by atoms with Crippen LogP contribution in [-0.4, -0.2) is 49.6 Å². The molecule has 0 spiro atoms. The Labute approximate surface area is 190 Å². The van der Waals surface area contributed by atoms with Gasteiger partial charge in [-0.25, -0.2) is 4.99 Å². The van der Waals surface area contributed by atoms with E-state index < -0.39 is 0 Å². The number of carbonyl (C=O) groups is 1. The first-order valence-corrected chi connectivity index (χ1v) is 11.3. The second-order valence-corrected chi connectivity index (χ2v) is 7.92. The zero-order chi connectivity index (χ0) is 22.8. The highest BCUT2D eigenvalue weighted by Crippen LogP contribution is 2.20. The van der Waals surface area contributed by atoms with Gasteiger partial charge in [-0.05, 0) is 43.5 Å². The van der Waals surface area contributed by atoms with Crippen molar-refractivity contribution in [2.45, 2.75) is 45.9 Å². The summed E-state index contributed by atoms with van der Waals surface area (Å²) in [5, 5.41) is 6.62. The molecule has 7 nitrogen and oxygen atoms in total. The number of nitrogens with zero attached hydrogens (tertiary/aromatic N) is 2. The summed E-state index contributed by atoms with van der Waals surface area (Å²) in [5.74, 6) is 2.55. The maximum atomic E-state index is 11.8. The molecule has 0 radical (unpaired) electrons. The molecular formula is C25H34N4O3. The zero-order valence-electron chi connectivity index (χ0n) is 19.3. The van der Waals surface area contributed by atoms with E-state index in [0.717, 1.165) is 48.1 Å². The Morgan fingerprint density at radius 3 is 2.56 bits per heavy atom. The van der Waals surface area contributed by atoms with Gasteiger partial charge in [-0.1, -0.05) is 30.3 Å². The van der Waals surface area contributed by atoms with Crippen molar-refractivity contribution >= 4 is 11.9 Å². The molecule has 2 aromatic carbocycles. The number of nitrogens with one attached hydrogen (secondary N) is 2. The highest BCUT2D eigenvalue weighted by molar-refractivity contribution is 5.79. The molecule has 0 aliphatic carbocycles. The van der Waals surface area contributed by atoms with Crippen molar-refractivity contribution in [2.24, 2.45) is 4.99 Å². The van der Waals surface area contributed by atoms with Crippen molar-refractivity contribution in [3.63, 3.8) is 0 Å². The molecule has 7 heteroatoms. The Kier molecular flexibility index (Phi) is 8.78. The maximum absolute atomic E-state index is 11.8. The molecule has 2 aromatic rings. The number of hydrogen-bond donors (Lipinski definition) is 2. The minimum absolute atomic E-state index is 0.0430. The van der Waals surface area contributed by atoms with Gasteiger partial charge < -0.3 is 25.0 Å². The maximum Gasteiger partial charge on any atom is 0.222 e. The lowest BCUT2D eigenvalue weighted by Gasteiger charge is -2.18. The summed E-state index contributed by atoms with van der Waals surface area (Å²) in [6.07, 6.45) is 1.60. The van der Waals surface area contributed by atoms with Crippen LogP contribution in [0.5, 0.6) is 11.5 Å². The van der Waals surface area contributed by atoms with Gasteiger partial charge in [0.25, 0.3) is 0 Å². The van der Waals surface area contributed by atoms with Gasteiger partial charge in [-0.2, -0.15) is 0 Å². The molecule has 1 aliphatic rings. The minimum atomic E-state index is -0.0430. The molecule has 0 bridgehead atoms. The summed E-state index contributed by atoms with van der Waals surface area (Å²) in [6.45, 7) is 7.58. The quantitative estimate of drug-likeness (QED) is 0.440. The minimum Gasteiger partial charge on any atom is -0.497 e. The molecule has 1 fully saturated rings. The molecule has 1 atom stereocenters. The molecule has 1 saturated heterocycles. The van der Waals surface area contributed by atoms with E-state index in [1.807, 2.05) is 43.0 Å². The van der Waals surface area contributed by atoms with Crippen LogP contribution in [0.4, 0.5) is 0 Å². The molecule has 2 N–H and O–H groups in total. The summed E-state index contributed by atoms with van der Waals surface area (Å²) < 4.78 is 11.2. The third-order valence-corrected chi connectivity index (χ3v) is 5.27. The molecule has 1 amide bonds. The molecule has 0 aromatic heterocycles. The monoisotopic (exact) mass is 438 g/mol. The molecule has 0 saturated carbocycles. The van der Waals surface area contributed by atoms with Crippen molar-refractivity contribution in [2.75, 3.05) is 26.7 Å². The van der Waals surface area contributed by atoms with Crippen molar-refractivity contribution in [3.8, 4) is 11.5 Å². The number of hydrogen-bond acceptors (Lipinski definition) is 4. The Hall–Kier alpha value is -3.22. The second kappa shape index (κ2) is 12.0. The van der Waals surface area contributed by atoms with Crippen molar-refractivity contribution in [3.05, 3.63) is 59.7 Å². The number of methoxy groups -OCH3 is 1. The predicted octanol–water partition coefficient (Wildman–Crippen LogP) is 3.34. The van der Waals surface area contributed by atoms with E-state index >= 15 is 0 Å². The lowest BCUT2D eigenvalue weighted by atomic mass is 10.1. The third kappa shape index (κ3) is 7.18. The van der Waals surface area contributed by atoms with E-state index in [0.29, 0.717) is 26.1 Å². The van der Waals surface area contributed by atoms with Gasteiger partial charge in [0, 0.05) is 32.1 Å². The molecule has 3 rings (SSSR count). The standard InChI is InChI=1S/C25H34N4O3/c1-4-26-25(27-16-19(2)32-23-8-5-7-22(15-23)31-3)28-17-20-10-12-21(13-11-20)18-29-14-6-9-24(29)30/h5,7-8,10-13,15,19H,4,6,9,14,16-18H2,1-3H3,(H2,26,27,28). The van der Waals surface area contributed by atoms with E-state index in [2.05, 4.69) is 39.9 Å². The molecule has 1 heterocycles. The largest absolute Gasteiger partial charge is 0.497 e. The van der Waals surface area contributed by atoms with Crippen LogP contribution >= 0.6 is 0 Å². The average Bonchev–Trinajstić information content (AvgIpc) is 3.21. The predicted molar refractivity (Wildman–Crippen MR) is 127 cm³/mol. The Morgan fingerprint density at radius 1 is 1.12 bits per heavy atom. The number of aliphatic imine (C=N–C) groups is 1. The van der Waals surface area contributed by atoms with Crippen molar-refractivity contribution in [1.29, 1.82) is 0 Å². The van der Waals surface area contributed by atoms with E-state index in [1.165, 1.54) is 0 Å².